The summed E-state index contributed by atoms with van der Waals surface area (Å²) in [7, 11) is 1.67. The van der Waals surface area contributed by atoms with Crippen LogP contribution in [0.4, 0.5) is 24.5 Å². The summed E-state index contributed by atoms with van der Waals surface area (Å²) in [5.41, 5.74) is 4.42. The van der Waals surface area contributed by atoms with Gasteiger partial charge in [0.05, 0.1) is 30.2 Å². The van der Waals surface area contributed by atoms with Crippen LogP contribution < -0.4 is 10.2 Å². The predicted molar refractivity (Wildman–Crippen MR) is 128 cm³/mol. The molecule has 3 aliphatic heterocycles. The van der Waals surface area contributed by atoms with Gasteiger partial charge < -0.3 is 15.3 Å². The standard InChI is InChI=1S/C25H28F3N5O/c1-31-15-18(17-14-19(26)21(27)22(28)25(17)31)24-23(16-4-2-3-5-20(16)30-24)29-6-7-32-8-10-33(11-9-32)12-13-34/h2-5,14,30,34H,6-13,15H2,1H3/b24-18+,29-23?. The fraction of sp³-hybridized carbons (Fsp3) is 0.400. The van der Waals surface area contributed by atoms with Gasteiger partial charge in [-0.25, -0.2) is 13.2 Å². The van der Waals surface area contributed by atoms with E-state index in [0.29, 0.717) is 36.5 Å². The molecular weight excluding hydrogens is 443 g/mol. The third kappa shape index (κ3) is 4.08. The highest BCUT2D eigenvalue weighted by Gasteiger charge is 2.34. The van der Waals surface area contributed by atoms with Crippen molar-refractivity contribution in [2.24, 2.45) is 4.99 Å². The number of β-amino-alcohol motifs (C(OH)–C–C–N with tert-alkyl or cyclic N) is 1. The number of hydrogen-bond acceptors (Lipinski definition) is 6. The number of anilines is 2. The van der Waals surface area contributed by atoms with Crippen LogP contribution >= 0.6 is 0 Å². The molecule has 180 valence electrons. The van der Waals surface area contributed by atoms with Crippen molar-refractivity contribution in [3.63, 3.8) is 0 Å². The summed E-state index contributed by atoms with van der Waals surface area (Å²) in [6.45, 7) is 6.28. The second-order valence-electron chi connectivity index (χ2n) is 8.90. The SMILES string of the molecule is CN1C/C(=C2\Nc3ccccc3C2=NCCN2CCN(CCO)CC2)c2cc(F)c(F)c(F)c21. The highest BCUT2D eigenvalue weighted by molar-refractivity contribution is 6.25. The first-order valence-electron chi connectivity index (χ1n) is 11.6. The summed E-state index contributed by atoms with van der Waals surface area (Å²) in [5.74, 6) is -3.81. The molecule has 3 heterocycles. The summed E-state index contributed by atoms with van der Waals surface area (Å²) < 4.78 is 42.6. The number of rotatable bonds is 5. The van der Waals surface area contributed by atoms with Crippen molar-refractivity contribution in [3.05, 3.63) is 64.6 Å². The van der Waals surface area contributed by atoms with E-state index in [9.17, 15) is 13.2 Å². The van der Waals surface area contributed by atoms with Gasteiger partial charge in [0.25, 0.3) is 0 Å². The Kier molecular flexibility index (Phi) is 6.33. The van der Waals surface area contributed by atoms with Crippen molar-refractivity contribution < 1.29 is 18.3 Å². The molecule has 0 aliphatic carbocycles. The summed E-state index contributed by atoms with van der Waals surface area (Å²) in [4.78, 5) is 11.1. The van der Waals surface area contributed by atoms with E-state index in [0.717, 1.165) is 55.8 Å². The number of hydrogen-bond donors (Lipinski definition) is 2. The molecule has 0 spiro atoms. The van der Waals surface area contributed by atoms with E-state index in [1.54, 1.807) is 11.9 Å². The molecule has 0 amide bonds. The zero-order valence-corrected chi connectivity index (χ0v) is 19.1. The molecule has 0 radical (unpaired) electrons. The zero-order chi connectivity index (χ0) is 23.8. The molecule has 9 heteroatoms. The van der Waals surface area contributed by atoms with Crippen LogP contribution in [-0.4, -0.2) is 86.6 Å². The molecule has 1 saturated heterocycles. The largest absolute Gasteiger partial charge is 0.395 e. The van der Waals surface area contributed by atoms with Gasteiger partial charge in [-0.3, -0.25) is 14.8 Å². The van der Waals surface area contributed by atoms with Gasteiger partial charge in [0, 0.05) is 75.2 Å². The molecule has 5 rings (SSSR count). The molecule has 0 aromatic heterocycles. The third-order valence-corrected chi connectivity index (χ3v) is 6.79. The highest BCUT2D eigenvalue weighted by Crippen LogP contribution is 2.43. The minimum absolute atomic E-state index is 0.0688. The van der Waals surface area contributed by atoms with Crippen LogP contribution in [0.5, 0.6) is 0 Å². The van der Waals surface area contributed by atoms with Crippen LogP contribution in [0.3, 0.4) is 0 Å². The molecule has 2 aromatic carbocycles. The first-order valence-corrected chi connectivity index (χ1v) is 11.6. The maximum atomic E-state index is 14.6. The molecule has 0 unspecified atom stereocenters. The molecule has 34 heavy (non-hydrogen) atoms. The third-order valence-electron chi connectivity index (χ3n) is 6.79. The summed E-state index contributed by atoms with van der Waals surface area (Å²) in [6, 6.07) is 8.87. The highest BCUT2D eigenvalue weighted by atomic mass is 19.2. The Balaban J connectivity index is 1.44. The number of aliphatic hydroxyl groups is 1. The van der Waals surface area contributed by atoms with Crippen molar-refractivity contribution in [1.82, 2.24) is 9.80 Å². The van der Waals surface area contributed by atoms with Crippen molar-refractivity contribution in [2.75, 3.05) is 76.2 Å². The molecule has 0 atom stereocenters. The normalized spacial score (nSPS) is 21.8. The van der Waals surface area contributed by atoms with E-state index in [4.69, 9.17) is 10.1 Å². The number of fused-ring (bicyclic) bond motifs is 2. The smallest absolute Gasteiger partial charge is 0.196 e. The van der Waals surface area contributed by atoms with Crippen LogP contribution in [0.1, 0.15) is 11.1 Å². The van der Waals surface area contributed by atoms with Crippen LogP contribution in [0.25, 0.3) is 5.57 Å². The lowest BCUT2D eigenvalue weighted by molar-refractivity contribution is 0.115. The van der Waals surface area contributed by atoms with Crippen LogP contribution in [0.2, 0.25) is 0 Å². The fourth-order valence-corrected chi connectivity index (χ4v) is 4.99. The summed E-state index contributed by atoms with van der Waals surface area (Å²) in [5, 5.41) is 12.5. The lowest BCUT2D eigenvalue weighted by Gasteiger charge is -2.33. The molecule has 6 nitrogen and oxygen atoms in total. The van der Waals surface area contributed by atoms with Crippen molar-refractivity contribution >= 4 is 22.7 Å². The first-order chi connectivity index (χ1) is 16.5. The number of nitrogens with zero attached hydrogens (tertiary/aromatic N) is 4. The number of aliphatic imine (C=N–C) groups is 1. The molecule has 0 bridgehead atoms. The predicted octanol–water partition coefficient (Wildman–Crippen LogP) is 2.79. The van der Waals surface area contributed by atoms with Gasteiger partial charge in [-0.2, -0.15) is 0 Å². The van der Waals surface area contributed by atoms with E-state index in [1.807, 2.05) is 24.3 Å². The van der Waals surface area contributed by atoms with Gasteiger partial charge in [0.2, 0.25) is 0 Å². The number of halogens is 3. The minimum atomic E-state index is -1.45. The van der Waals surface area contributed by atoms with E-state index < -0.39 is 17.5 Å². The second kappa shape index (κ2) is 9.40. The maximum absolute atomic E-state index is 14.6. The lowest BCUT2D eigenvalue weighted by atomic mass is 10.0. The van der Waals surface area contributed by atoms with E-state index in [2.05, 4.69) is 15.1 Å². The second-order valence-corrected chi connectivity index (χ2v) is 8.90. The minimum Gasteiger partial charge on any atom is -0.395 e. The van der Waals surface area contributed by atoms with Gasteiger partial charge in [-0.05, 0) is 12.1 Å². The summed E-state index contributed by atoms with van der Waals surface area (Å²) >= 11 is 0. The number of likely N-dealkylation sites (N-methyl/N-ethyl adjacent to an activating group) is 1. The number of piperazine rings is 1. The Morgan fingerprint density at radius 1 is 0.971 bits per heavy atom. The van der Waals surface area contributed by atoms with Gasteiger partial charge in [0.15, 0.2) is 17.5 Å². The zero-order valence-electron chi connectivity index (χ0n) is 19.1. The Labute approximate surface area is 197 Å². The number of nitrogens with one attached hydrogen (secondary N) is 1. The number of benzene rings is 2. The average Bonchev–Trinajstić information content (AvgIpc) is 3.36. The maximum Gasteiger partial charge on any atom is 0.196 e. The molecule has 2 N–H and O–H groups in total. The van der Waals surface area contributed by atoms with E-state index in [1.165, 1.54) is 0 Å². The van der Waals surface area contributed by atoms with Crippen molar-refractivity contribution in [1.29, 1.82) is 0 Å². The number of aliphatic hydroxyl groups excluding tert-OH is 1. The molecule has 1 fully saturated rings. The van der Waals surface area contributed by atoms with E-state index in [-0.39, 0.29) is 12.3 Å². The Hall–Kier alpha value is -2.88. The van der Waals surface area contributed by atoms with Crippen LogP contribution in [0.15, 0.2) is 41.0 Å². The fourth-order valence-electron chi connectivity index (χ4n) is 4.99. The van der Waals surface area contributed by atoms with Crippen molar-refractivity contribution in [2.45, 2.75) is 0 Å². The lowest BCUT2D eigenvalue weighted by Crippen LogP contribution is -2.47. The summed E-state index contributed by atoms with van der Waals surface area (Å²) in [6.07, 6.45) is 0. The van der Waals surface area contributed by atoms with Crippen LogP contribution in [0, 0.1) is 17.5 Å². The number of allylic oxidation sites excluding steroid dienone is 1. The van der Waals surface area contributed by atoms with Gasteiger partial charge >= 0.3 is 0 Å². The Morgan fingerprint density at radius 2 is 1.68 bits per heavy atom. The van der Waals surface area contributed by atoms with Gasteiger partial charge in [0.1, 0.15) is 0 Å². The monoisotopic (exact) mass is 471 g/mol. The number of para-hydroxylation sites is 1. The van der Waals surface area contributed by atoms with Crippen molar-refractivity contribution in [3.8, 4) is 0 Å². The van der Waals surface area contributed by atoms with Gasteiger partial charge in [-0.1, -0.05) is 18.2 Å². The van der Waals surface area contributed by atoms with Gasteiger partial charge in [-0.15, -0.1) is 0 Å². The molecule has 2 aromatic rings. The van der Waals surface area contributed by atoms with E-state index >= 15 is 0 Å². The Morgan fingerprint density at radius 3 is 2.41 bits per heavy atom. The topological polar surface area (TPSA) is 54.3 Å². The molecule has 3 aliphatic rings. The van der Waals surface area contributed by atoms with Crippen LogP contribution in [-0.2, 0) is 0 Å². The molecular formula is C25H28F3N5O. The average molecular weight is 472 g/mol. The first kappa shape index (κ1) is 22.9. The molecule has 0 saturated carbocycles. The quantitative estimate of drug-likeness (QED) is 0.657. The Bertz CT molecular complexity index is 1160.